The first kappa shape index (κ1) is 6.84. The first-order valence-electron chi connectivity index (χ1n) is 4.13. The van der Waals surface area contributed by atoms with Gasteiger partial charge in [0.2, 0.25) is 0 Å². The molecule has 0 aromatic rings. The van der Waals surface area contributed by atoms with Crippen LogP contribution in [-0.4, -0.2) is 5.78 Å². The van der Waals surface area contributed by atoms with Gasteiger partial charge in [0.05, 0.1) is 0 Å². The van der Waals surface area contributed by atoms with Gasteiger partial charge in [0, 0.05) is 5.41 Å². The van der Waals surface area contributed by atoms with E-state index in [0.717, 1.165) is 12.8 Å². The maximum absolute atomic E-state index is 11.5. The van der Waals surface area contributed by atoms with Gasteiger partial charge >= 0.3 is 0 Å². The molecule has 3 aliphatic rings. The first-order chi connectivity index (χ1) is 5.21. The van der Waals surface area contributed by atoms with Crippen LogP contribution in [0.4, 0.5) is 0 Å². The molecule has 58 valence electrons. The molecule has 0 spiro atoms. The summed E-state index contributed by atoms with van der Waals surface area (Å²) in [6.45, 7) is 2.03. The number of carbonyl (C=O) groups excluding carboxylic acids is 1. The number of rotatable bonds is 0. The minimum Gasteiger partial charge on any atom is -0.294 e. The van der Waals surface area contributed by atoms with Crippen molar-refractivity contribution >= 4 is 5.78 Å². The molecule has 3 aliphatic carbocycles. The molecule has 0 aromatic carbocycles. The summed E-state index contributed by atoms with van der Waals surface area (Å²) in [7, 11) is 0. The van der Waals surface area contributed by atoms with E-state index in [1.54, 1.807) is 6.08 Å². The smallest absolute Gasteiger partial charge is 0.165 e. The van der Waals surface area contributed by atoms with Gasteiger partial charge in [-0.25, -0.2) is 0 Å². The minimum atomic E-state index is -0.177. The van der Waals surface area contributed by atoms with E-state index in [1.165, 1.54) is 0 Å². The maximum atomic E-state index is 11.5. The third kappa shape index (κ3) is 0.953. The summed E-state index contributed by atoms with van der Waals surface area (Å²) in [5, 5.41) is 0. The van der Waals surface area contributed by atoms with Crippen LogP contribution >= 0.6 is 0 Å². The molecule has 0 amide bonds. The number of carbonyl (C=O) groups is 1. The number of hydrogen-bond acceptors (Lipinski definition) is 1. The van der Waals surface area contributed by atoms with E-state index in [9.17, 15) is 4.79 Å². The Labute approximate surface area is 66.8 Å². The van der Waals surface area contributed by atoms with Crippen LogP contribution in [0.3, 0.4) is 0 Å². The van der Waals surface area contributed by atoms with Crippen LogP contribution in [0.1, 0.15) is 19.8 Å². The third-order valence-corrected chi connectivity index (χ3v) is 2.77. The summed E-state index contributed by atoms with van der Waals surface area (Å²) in [6, 6.07) is 0. The van der Waals surface area contributed by atoms with Crippen molar-refractivity contribution in [2.75, 3.05) is 0 Å². The summed E-state index contributed by atoms with van der Waals surface area (Å²) in [5.41, 5.74) is -0.177. The van der Waals surface area contributed by atoms with Crippen LogP contribution in [0, 0.1) is 11.3 Å². The minimum absolute atomic E-state index is 0.177. The molecule has 0 radical (unpaired) electrons. The van der Waals surface area contributed by atoms with E-state index < -0.39 is 0 Å². The summed E-state index contributed by atoms with van der Waals surface area (Å²) >= 11 is 0. The molecule has 0 saturated heterocycles. The van der Waals surface area contributed by atoms with Crippen LogP contribution in [0.15, 0.2) is 24.3 Å². The zero-order chi connectivity index (χ0) is 7.90. The predicted molar refractivity (Wildman–Crippen MR) is 44.1 cm³/mol. The van der Waals surface area contributed by atoms with Crippen LogP contribution < -0.4 is 0 Å². The highest BCUT2D eigenvalue weighted by Crippen LogP contribution is 2.37. The second-order valence-electron chi connectivity index (χ2n) is 3.70. The molecular formula is C10H12O. The van der Waals surface area contributed by atoms with Crippen molar-refractivity contribution in [1.82, 2.24) is 0 Å². The Balaban J connectivity index is 2.46. The molecule has 0 saturated carbocycles. The summed E-state index contributed by atoms with van der Waals surface area (Å²) in [6.07, 6.45) is 10.2. The van der Waals surface area contributed by atoms with Crippen LogP contribution in [-0.2, 0) is 4.79 Å². The van der Waals surface area contributed by atoms with E-state index in [0.29, 0.717) is 5.92 Å². The standard InChI is InChI=1S/C10H12O/c1-10-6-4-8(5-7-10)2-3-9(10)11/h2-4,6,8H,5,7H2,1H3. The van der Waals surface area contributed by atoms with E-state index in [-0.39, 0.29) is 11.2 Å². The average molecular weight is 148 g/mol. The number of hydrogen-bond donors (Lipinski definition) is 0. The van der Waals surface area contributed by atoms with Crippen molar-refractivity contribution in [3.05, 3.63) is 24.3 Å². The lowest BCUT2D eigenvalue weighted by molar-refractivity contribution is -0.121. The van der Waals surface area contributed by atoms with Crippen LogP contribution in [0.2, 0.25) is 0 Å². The van der Waals surface area contributed by atoms with Gasteiger partial charge in [-0.2, -0.15) is 0 Å². The van der Waals surface area contributed by atoms with Crippen molar-refractivity contribution in [1.29, 1.82) is 0 Å². The Morgan fingerprint density at radius 3 is 3.00 bits per heavy atom. The van der Waals surface area contributed by atoms with Crippen molar-refractivity contribution in [3.63, 3.8) is 0 Å². The molecule has 2 atom stereocenters. The Hall–Kier alpha value is -0.850. The lowest BCUT2D eigenvalue weighted by Gasteiger charge is -2.25. The molecule has 2 bridgehead atoms. The molecule has 3 rings (SSSR count). The van der Waals surface area contributed by atoms with Gasteiger partial charge < -0.3 is 0 Å². The summed E-state index contributed by atoms with van der Waals surface area (Å²) in [5.74, 6) is 0.795. The lowest BCUT2D eigenvalue weighted by Crippen LogP contribution is -2.24. The van der Waals surface area contributed by atoms with Gasteiger partial charge in [-0.15, -0.1) is 0 Å². The molecule has 2 unspecified atom stereocenters. The van der Waals surface area contributed by atoms with E-state index in [1.807, 2.05) is 13.0 Å². The zero-order valence-corrected chi connectivity index (χ0v) is 6.71. The molecule has 0 aliphatic heterocycles. The second kappa shape index (κ2) is 2.07. The molecule has 0 aromatic heterocycles. The molecule has 0 heterocycles. The summed E-state index contributed by atoms with van der Waals surface area (Å²) < 4.78 is 0. The second-order valence-corrected chi connectivity index (χ2v) is 3.70. The topological polar surface area (TPSA) is 17.1 Å². The summed E-state index contributed by atoms with van der Waals surface area (Å²) in [4.78, 5) is 11.5. The van der Waals surface area contributed by atoms with Crippen LogP contribution in [0.25, 0.3) is 0 Å². The quantitative estimate of drug-likeness (QED) is 0.481. The Morgan fingerprint density at radius 2 is 2.36 bits per heavy atom. The van der Waals surface area contributed by atoms with Gasteiger partial charge in [-0.05, 0) is 31.8 Å². The number of fused-ring (bicyclic) bond motifs is 2. The highest BCUT2D eigenvalue weighted by atomic mass is 16.1. The molecule has 1 nitrogen and oxygen atoms in total. The monoisotopic (exact) mass is 148 g/mol. The van der Waals surface area contributed by atoms with E-state index >= 15 is 0 Å². The average Bonchev–Trinajstić information content (AvgIpc) is 2.22. The van der Waals surface area contributed by atoms with Crippen LogP contribution in [0.5, 0.6) is 0 Å². The Morgan fingerprint density at radius 1 is 1.55 bits per heavy atom. The van der Waals surface area contributed by atoms with Crippen molar-refractivity contribution in [2.45, 2.75) is 19.8 Å². The normalized spacial score (nSPS) is 41.2. The molecule has 0 fully saturated rings. The SMILES string of the molecule is CC12C=CC(C=CC1=O)CC2. The highest BCUT2D eigenvalue weighted by Gasteiger charge is 2.33. The van der Waals surface area contributed by atoms with Gasteiger partial charge in [0.15, 0.2) is 5.78 Å². The largest absolute Gasteiger partial charge is 0.294 e. The van der Waals surface area contributed by atoms with Gasteiger partial charge in [-0.1, -0.05) is 18.2 Å². The molecule has 11 heavy (non-hydrogen) atoms. The fraction of sp³-hybridized carbons (Fsp3) is 0.500. The van der Waals surface area contributed by atoms with Gasteiger partial charge in [-0.3, -0.25) is 4.79 Å². The van der Waals surface area contributed by atoms with Gasteiger partial charge in [0.1, 0.15) is 0 Å². The lowest BCUT2D eigenvalue weighted by atomic mass is 9.77. The zero-order valence-electron chi connectivity index (χ0n) is 6.71. The van der Waals surface area contributed by atoms with Gasteiger partial charge in [0.25, 0.3) is 0 Å². The Bertz CT molecular complexity index is 250. The first-order valence-corrected chi connectivity index (χ1v) is 4.13. The Kier molecular flexibility index (Phi) is 1.28. The maximum Gasteiger partial charge on any atom is 0.165 e. The van der Waals surface area contributed by atoms with E-state index in [2.05, 4.69) is 12.2 Å². The number of ketones is 1. The molecular weight excluding hydrogens is 136 g/mol. The molecule has 0 N–H and O–H groups in total. The number of allylic oxidation sites excluding steroid dienone is 4. The fourth-order valence-electron chi connectivity index (χ4n) is 1.75. The fourth-order valence-corrected chi connectivity index (χ4v) is 1.75. The third-order valence-electron chi connectivity index (χ3n) is 2.77. The van der Waals surface area contributed by atoms with Crippen molar-refractivity contribution in [2.24, 2.45) is 11.3 Å². The van der Waals surface area contributed by atoms with Crippen molar-refractivity contribution in [3.8, 4) is 0 Å². The highest BCUT2D eigenvalue weighted by molar-refractivity contribution is 5.96. The van der Waals surface area contributed by atoms with E-state index in [4.69, 9.17) is 0 Å². The molecule has 1 heteroatoms. The van der Waals surface area contributed by atoms with Crippen molar-refractivity contribution < 1.29 is 4.79 Å². The predicted octanol–water partition coefficient (Wildman–Crippen LogP) is 2.10.